The van der Waals surface area contributed by atoms with Crippen LogP contribution in [0.5, 0.6) is 0 Å². The predicted octanol–water partition coefficient (Wildman–Crippen LogP) is 3.81. The van der Waals surface area contributed by atoms with Crippen molar-refractivity contribution in [2.24, 2.45) is 0 Å². The number of carbonyl (C=O) groups is 2. The summed E-state index contributed by atoms with van der Waals surface area (Å²) in [5, 5.41) is 4.96. The van der Waals surface area contributed by atoms with Crippen LogP contribution in [0.4, 0.5) is 5.69 Å². The average Bonchev–Trinajstić information content (AvgIpc) is 3.12. The average molecular weight is 399 g/mol. The van der Waals surface area contributed by atoms with E-state index in [9.17, 15) is 9.59 Å². The summed E-state index contributed by atoms with van der Waals surface area (Å²) in [6.45, 7) is 3.45. The minimum Gasteiger partial charge on any atom is -0.377 e. The molecule has 0 radical (unpaired) electrons. The summed E-state index contributed by atoms with van der Waals surface area (Å²) in [5.41, 5.74) is 3.95. The Morgan fingerprint density at radius 1 is 1.29 bits per heavy atom. The highest BCUT2D eigenvalue weighted by molar-refractivity contribution is 7.10. The number of benzene rings is 1. The molecule has 0 saturated carbocycles. The first-order valence-corrected chi connectivity index (χ1v) is 10.8. The molecule has 0 bridgehead atoms. The van der Waals surface area contributed by atoms with Crippen molar-refractivity contribution in [3.05, 3.63) is 51.2 Å². The van der Waals surface area contributed by atoms with Gasteiger partial charge in [0, 0.05) is 28.9 Å². The largest absolute Gasteiger partial charge is 0.377 e. The number of rotatable bonds is 4. The lowest BCUT2D eigenvalue weighted by atomic mass is 9.95. The van der Waals surface area contributed by atoms with E-state index in [1.165, 1.54) is 16.9 Å². The van der Waals surface area contributed by atoms with Gasteiger partial charge in [-0.3, -0.25) is 9.59 Å². The van der Waals surface area contributed by atoms with Crippen LogP contribution >= 0.6 is 11.3 Å². The van der Waals surface area contributed by atoms with Gasteiger partial charge in [0.05, 0.1) is 24.8 Å². The van der Waals surface area contributed by atoms with Gasteiger partial charge in [-0.25, -0.2) is 0 Å². The molecule has 1 aromatic carbocycles. The third-order valence-corrected chi connectivity index (χ3v) is 6.59. The molecule has 148 valence electrons. The number of fused-ring (bicyclic) bond motifs is 1. The molecule has 5 nitrogen and oxygen atoms in total. The maximum Gasteiger partial charge on any atom is 0.255 e. The normalized spacial score (nSPS) is 19.2. The van der Waals surface area contributed by atoms with Crippen molar-refractivity contribution in [3.63, 3.8) is 0 Å². The molecule has 4 rings (SSSR count). The fraction of sp³-hybridized carbons (Fsp3) is 0.455. The highest BCUT2D eigenvalue weighted by Crippen LogP contribution is 2.31. The van der Waals surface area contributed by atoms with Crippen LogP contribution in [0.3, 0.4) is 0 Å². The van der Waals surface area contributed by atoms with Crippen molar-refractivity contribution >= 4 is 28.8 Å². The van der Waals surface area contributed by atoms with E-state index in [0.717, 1.165) is 36.1 Å². The number of carbonyl (C=O) groups excluding carboxylic acids is 2. The number of hydrogen-bond donors (Lipinski definition) is 1. The Labute approximate surface area is 169 Å². The number of nitrogens with one attached hydrogen (secondary N) is 1. The number of amides is 2. The summed E-state index contributed by atoms with van der Waals surface area (Å²) in [7, 11) is 0. The molecular formula is C22H26N2O3S. The van der Waals surface area contributed by atoms with E-state index < -0.39 is 0 Å². The predicted molar refractivity (Wildman–Crippen MR) is 111 cm³/mol. The molecule has 6 heteroatoms. The molecule has 1 fully saturated rings. The van der Waals surface area contributed by atoms with Crippen LogP contribution < -0.4 is 5.32 Å². The van der Waals surface area contributed by atoms with E-state index in [1.54, 1.807) is 11.3 Å². The second-order valence-electron chi connectivity index (χ2n) is 7.61. The number of thiophene rings is 1. The van der Waals surface area contributed by atoms with Crippen molar-refractivity contribution in [2.45, 2.75) is 45.1 Å². The van der Waals surface area contributed by atoms with Crippen molar-refractivity contribution in [3.8, 4) is 0 Å². The topological polar surface area (TPSA) is 58.6 Å². The SMILES string of the molecule is Cc1cccc(NC(=O)C[C@@H]2COCCN2C(=O)c2csc3c2CCCC3)c1. The highest BCUT2D eigenvalue weighted by atomic mass is 32.1. The van der Waals surface area contributed by atoms with Crippen LogP contribution in [0.15, 0.2) is 29.6 Å². The summed E-state index contributed by atoms with van der Waals surface area (Å²) >= 11 is 1.70. The lowest BCUT2D eigenvalue weighted by molar-refractivity contribution is -0.118. The maximum atomic E-state index is 13.3. The van der Waals surface area contributed by atoms with E-state index in [1.807, 2.05) is 41.5 Å². The van der Waals surface area contributed by atoms with Crippen LogP contribution in [-0.2, 0) is 22.4 Å². The third kappa shape index (κ3) is 4.13. The van der Waals surface area contributed by atoms with Crippen molar-refractivity contribution < 1.29 is 14.3 Å². The molecule has 1 aliphatic carbocycles. The Balaban J connectivity index is 1.46. The van der Waals surface area contributed by atoms with E-state index in [-0.39, 0.29) is 24.3 Å². The quantitative estimate of drug-likeness (QED) is 0.852. The Morgan fingerprint density at radius 2 is 2.14 bits per heavy atom. The minimum absolute atomic E-state index is 0.0519. The fourth-order valence-electron chi connectivity index (χ4n) is 4.07. The Morgan fingerprint density at radius 3 is 3.00 bits per heavy atom. The van der Waals surface area contributed by atoms with Gasteiger partial charge in [-0.2, -0.15) is 0 Å². The van der Waals surface area contributed by atoms with Crippen molar-refractivity contribution in [1.82, 2.24) is 4.90 Å². The molecule has 28 heavy (non-hydrogen) atoms. The van der Waals surface area contributed by atoms with Gasteiger partial charge in [0.25, 0.3) is 5.91 Å². The van der Waals surface area contributed by atoms with Crippen LogP contribution in [0, 0.1) is 6.92 Å². The van der Waals surface area contributed by atoms with Crippen molar-refractivity contribution in [2.75, 3.05) is 25.1 Å². The standard InChI is InChI=1S/C22H26N2O3S/c1-15-5-4-6-16(11-15)23-21(25)12-17-13-27-10-9-24(17)22(26)19-14-28-20-8-3-2-7-18(19)20/h4-6,11,14,17H,2-3,7-10,12-13H2,1H3,(H,23,25)/t17-/m1/s1. The molecule has 2 heterocycles. The lowest BCUT2D eigenvalue weighted by Gasteiger charge is -2.35. The Bertz CT molecular complexity index is 876. The summed E-state index contributed by atoms with van der Waals surface area (Å²) in [6, 6.07) is 7.50. The van der Waals surface area contributed by atoms with Gasteiger partial charge in [0.2, 0.25) is 5.91 Å². The summed E-state index contributed by atoms with van der Waals surface area (Å²) in [5.74, 6) is -0.0395. The minimum atomic E-state index is -0.231. The number of nitrogens with zero attached hydrogens (tertiary/aromatic N) is 1. The summed E-state index contributed by atoms with van der Waals surface area (Å²) in [6.07, 6.45) is 4.67. The molecule has 1 aliphatic heterocycles. The molecule has 2 amide bonds. The molecular weight excluding hydrogens is 372 g/mol. The molecule has 2 aromatic rings. The first-order valence-electron chi connectivity index (χ1n) is 9.96. The second-order valence-corrected chi connectivity index (χ2v) is 8.57. The molecule has 0 spiro atoms. The molecule has 0 unspecified atom stereocenters. The third-order valence-electron chi connectivity index (χ3n) is 5.50. The van der Waals surface area contributed by atoms with Crippen LogP contribution in [0.25, 0.3) is 0 Å². The highest BCUT2D eigenvalue weighted by Gasteiger charge is 2.32. The summed E-state index contributed by atoms with van der Waals surface area (Å²) < 4.78 is 5.59. The molecule has 1 aromatic heterocycles. The van der Waals surface area contributed by atoms with Gasteiger partial charge in [-0.1, -0.05) is 12.1 Å². The maximum absolute atomic E-state index is 13.3. The second kappa shape index (κ2) is 8.45. The molecule has 1 atom stereocenters. The van der Waals surface area contributed by atoms with Gasteiger partial charge in [-0.15, -0.1) is 11.3 Å². The van der Waals surface area contributed by atoms with E-state index >= 15 is 0 Å². The molecule has 2 aliphatic rings. The Kier molecular flexibility index (Phi) is 5.78. The smallest absolute Gasteiger partial charge is 0.255 e. The van der Waals surface area contributed by atoms with Crippen LogP contribution in [-0.4, -0.2) is 42.5 Å². The number of anilines is 1. The van der Waals surface area contributed by atoms with Gasteiger partial charge in [0.15, 0.2) is 0 Å². The monoisotopic (exact) mass is 398 g/mol. The first kappa shape index (κ1) is 19.2. The van der Waals surface area contributed by atoms with Gasteiger partial charge in [0.1, 0.15) is 0 Å². The fourth-order valence-corrected chi connectivity index (χ4v) is 5.19. The van der Waals surface area contributed by atoms with Crippen LogP contribution in [0.1, 0.15) is 45.6 Å². The number of hydrogen-bond acceptors (Lipinski definition) is 4. The zero-order valence-corrected chi connectivity index (χ0v) is 17.0. The van der Waals surface area contributed by atoms with Crippen molar-refractivity contribution in [1.29, 1.82) is 0 Å². The zero-order chi connectivity index (χ0) is 19.5. The van der Waals surface area contributed by atoms with Crippen LogP contribution in [0.2, 0.25) is 0 Å². The van der Waals surface area contributed by atoms with Gasteiger partial charge >= 0.3 is 0 Å². The van der Waals surface area contributed by atoms with E-state index in [0.29, 0.717) is 19.8 Å². The molecule has 1 N–H and O–H groups in total. The van der Waals surface area contributed by atoms with Gasteiger partial charge < -0.3 is 15.0 Å². The first-order chi connectivity index (χ1) is 13.6. The molecule has 1 saturated heterocycles. The number of aryl methyl sites for hydroxylation is 2. The zero-order valence-electron chi connectivity index (χ0n) is 16.2. The van der Waals surface area contributed by atoms with E-state index in [4.69, 9.17) is 4.74 Å². The Hall–Kier alpha value is -2.18. The number of ether oxygens (including phenoxy) is 1. The van der Waals surface area contributed by atoms with E-state index in [2.05, 4.69) is 5.32 Å². The summed E-state index contributed by atoms with van der Waals surface area (Å²) in [4.78, 5) is 29.1. The lowest BCUT2D eigenvalue weighted by Crippen LogP contribution is -2.50. The van der Waals surface area contributed by atoms with Gasteiger partial charge in [-0.05, 0) is 55.9 Å². The number of morpholine rings is 1.